The predicted octanol–water partition coefficient (Wildman–Crippen LogP) is 4.58. The van der Waals surface area contributed by atoms with Crippen LogP contribution in [0.2, 0.25) is 0 Å². The molecule has 1 aliphatic heterocycles. The van der Waals surface area contributed by atoms with Crippen molar-refractivity contribution in [3.8, 4) is 5.75 Å². The smallest absolute Gasteiger partial charge is 0.255 e. The van der Waals surface area contributed by atoms with Gasteiger partial charge in [-0.15, -0.1) is 0 Å². The number of methoxy groups -OCH3 is 1. The topological polar surface area (TPSA) is 76.5 Å². The van der Waals surface area contributed by atoms with E-state index in [2.05, 4.69) is 10.4 Å². The second-order valence-corrected chi connectivity index (χ2v) is 9.12. The lowest BCUT2D eigenvalue weighted by Gasteiger charge is -2.42. The number of carbonyl (C=O) groups excluding carboxylic acids is 2. The number of aromatic nitrogens is 2. The van der Waals surface area contributed by atoms with Gasteiger partial charge < -0.3 is 15.0 Å². The molecule has 2 amide bonds. The Bertz CT molecular complexity index is 1340. The molecule has 37 heavy (non-hydrogen) atoms. The monoisotopic (exact) mass is 494 g/mol. The van der Waals surface area contributed by atoms with Gasteiger partial charge in [-0.1, -0.05) is 60.7 Å². The third-order valence-electron chi connectivity index (χ3n) is 6.80. The minimum absolute atomic E-state index is 0.0806. The normalized spacial score (nSPS) is 16.8. The average Bonchev–Trinajstić information content (AvgIpc) is 3.47. The molecule has 188 valence electrons. The Morgan fingerprint density at radius 3 is 2.46 bits per heavy atom. The molecule has 3 aromatic carbocycles. The van der Waals surface area contributed by atoms with Gasteiger partial charge in [0.25, 0.3) is 5.91 Å². The van der Waals surface area contributed by atoms with E-state index in [4.69, 9.17) is 4.74 Å². The van der Waals surface area contributed by atoms with E-state index >= 15 is 0 Å². The first-order chi connectivity index (χ1) is 18.2. The SMILES string of the molecule is COc1ccc([C@H]2[C@@H](C(=O)NCCCn3cccn3)c3ccccc3C(=O)N2Cc2ccccc2)cc1. The highest BCUT2D eigenvalue weighted by atomic mass is 16.5. The van der Waals surface area contributed by atoms with Gasteiger partial charge in [-0.25, -0.2) is 0 Å². The molecule has 0 radical (unpaired) electrons. The molecular formula is C30H30N4O3. The summed E-state index contributed by atoms with van der Waals surface area (Å²) in [6, 6.07) is 26.4. The summed E-state index contributed by atoms with van der Waals surface area (Å²) in [4.78, 5) is 29.5. The molecular weight excluding hydrogens is 464 g/mol. The van der Waals surface area contributed by atoms with E-state index in [1.807, 2.05) is 101 Å². The Balaban J connectivity index is 1.50. The van der Waals surface area contributed by atoms with Gasteiger partial charge >= 0.3 is 0 Å². The van der Waals surface area contributed by atoms with Crippen LogP contribution >= 0.6 is 0 Å². The van der Waals surface area contributed by atoms with Crippen molar-refractivity contribution in [2.75, 3.05) is 13.7 Å². The van der Waals surface area contributed by atoms with Crippen molar-refractivity contribution in [1.82, 2.24) is 20.0 Å². The first-order valence-corrected chi connectivity index (χ1v) is 12.5. The van der Waals surface area contributed by atoms with Crippen LogP contribution in [0.25, 0.3) is 0 Å². The molecule has 7 heteroatoms. The number of benzene rings is 3. The van der Waals surface area contributed by atoms with Gasteiger partial charge in [0, 0.05) is 37.6 Å². The van der Waals surface area contributed by atoms with Crippen LogP contribution < -0.4 is 10.1 Å². The number of amides is 2. The van der Waals surface area contributed by atoms with Crippen molar-refractivity contribution >= 4 is 11.8 Å². The Morgan fingerprint density at radius 1 is 0.973 bits per heavy atom. The predicted molar refractivity (Wildman–Crippen MR) is 141 cm³/mol. The molecule has 0 saturated heterocycles. The van der Waals surface area contributed by atoms with Gasteiger partial charge in [-0.05, 0) is 47.4 Å². The first kappa shape index (κ1) is 24.3. The number of carbonyl (C=O) groups is 2. The largest absolute Gasteiger partial charge is 0.497 e. The zero-order valence-electron chi connectivity index (χ0n) is 20.8. The van der Waals surface area contributed by atoms with Crippen molar-refractivity contribution in [3.05, 3.63) is 120 Å². The molecule has 1 aliphatic rings. The molecule has 0 fully saturated rings. The highest BCUT2D eigenvalue weighted by molar-refractivity contribution is 6.01. The van der Waals surface area contributed by atoms with E-state index in [1.54, 1.807) is 13.3 Å². The van der Waals surface area contributed by atoms with E-state index in [0.29, 0.717) is 18.7 Å². The summed E-state index contributed by atoms with van der Waals surface area (Å²) in [7, 11) is 1.62. The Labute approximate surface area is 216 Å². The molecule has 0 unspecified atom stereocenters. The minimum Gasteiger partial charge on any atom is -0.497 e. The van der Waals surface area contributed by atoms with Crippen LogP contribution in [0.15, 0.2) is 97.3 Å². The van der Waals surface area contributed by atoms with E-state index in [-0.39, 0.29) is 11.8 Å². The zero-order valence-corrected chi connectivity index (χ0v) is 20.8. The van der Waals surface area contributed by atoms with Crippen LogP contribution in [0.4, 0.5) is 0 Å². The van der Waals surface area contributed by atoms with Crippen molar-refractivity contribution in [2.45, 2.75) is 31.5 Å². The standard InChI is InChI=1S/C30H30N4O3/c1-37-24-15-13-23(14-16-24)28-27(29(35)31-17-7-19-33-20-8-18-32-33)25-11-5-6-12-26(25)30(36)34(28)21-22-9-3-2-4-10-22/h2-6,8-16,18,20,27-28H,7,17,19,21H2,1H3,(H,31,35)/t27-,28-/m0/s1. The van der Waals surface area contributed by atoms with E-state index in [9.17, 15) is 9.59 Å². The van der Waals surface area contributed by atoms with Crippen LogP contribution in [-0.2, 0) is 17.9 Å². The zero-order chi connectivity index (χ0) is 25.6. The number of ether oxygens (including phenoxy) is 1. The number of fused-ring (bicyclic) bond motifs is 1. The van der Waals surface area contributed by atoms with Gasteiger partial charge in [-0.3, -0.25) is 14.3 Å². The van der Waals surface area contributed by atoms with Crippen molar-refractivity contribution in [2.24, 2.45) is 0 Å². The molecule has 1 aromatic heterocycles. The second-order valence-electron chi connectivity index (χ2n) is 9.12. The first-order valence-electron chi connectivity index (χ1n) is 12.5. The summed E-state index contributed by atoms with van der Waals surface area (Å²) in [5.74, 6) is -0.0153. The van der Waals surface area contributed by atoms with Gasteiger partial charge in [-0.2, -0.15) is 5.10 Å². The Hall–Kier alpha value is -4.39. The van der Waals surface area contributed by atoms with Crippen LogP contribution in [-0.4, -0.2) is 40.1 Å². The third kappa shape index (κ3) is 5.26. The summed E-state index contributed by atoms with van der Waals surface area (Å²) < 4.78 is 7.21. The Kier molecular flexibility index (Phi) is 7.31. The maximum atomic E-state index is 13.8. The fraction of sp³-hybridized carbons (Fsp3) is 0.233. The number of nitrogens with one attached hydrogen (secondary N) is 1. The summed E-state index contributed by atoms with van der Waals surface area (Å²) in [6.07, 6.45) is 4.41. The molecule has 0 spiro atoms. The van der Waals surface area contributed by atoms with Crippen LogP contribution in [0.1, 0.15) is 45.4 Å². The maximum Gasteiger partial charge on any atom is 0.255 e. The quantitative estimate of drug-likeness (QED) is 0.346. The third-order valence-corrected chi connectivity index (χ3v) is 6.80. The second kappa shape index (κ2) is 11.1. The van der Waals surface area contributed by atoms with Crippen molar-refractivity contribution < 1.29 is 14.3 Å². The van der Waals surface area contributed by atoms with Crippen LogP contribution in [0.3, 0.4) is 0 Å². The lowest BCUT2D eigenvalue weighted by molar-refractivity contribution is -0.124. The molecule has 4 aromatic rings. The molecule has 5 rings (SSSR count). The summed E-state index contributed by atoms with van der Waals surface area (Å²) >= 11 is 0. The highest BCUT2D eigenvalue weighted by Gasteiger charge is 2.44. The lowest BCUT2D eigenvalue weighted by atomic mass is 9.79. The molecule has 2 heterocycles. The van der Waals surface area contributed by atoms with Gasteiger partial charge in [0.05, 0.1) is 19.1 Å². The number of hydrogen-bond acceptors (Lipinski definition) is 4. The fourth-order valence-electron chi connectivity index (χ4n) is 5.00. The van der Waals surface area contributed by atoms with Crippen LogP contribution in [0, 0.1) is 0 Å². The molecule has 7 nitrogen and oxygen atoms in total. The number of rotatable bonds is 9. The van der Waals surface area contributed by atoms with E-state index in [0.717, 1.165) is 35.4 Å². The van der Waals surface area contributed by atoms with Crippen molar-refractivity contribution in [3.63, 3.8) is 0 Å². The minimum atomic E-state index is -0.560. The van der Waals surface area contributed by atoms with Crippen molar-refractivity contribution in [1.29, 1.82) is 0 Å². The fourth-order valence-corrected chi connectivity index (χ4v) is 5.00. The summed E-state index contributed by atoms with van der Waals surface area (Å²) in [5, 5.41) is 7.36. The van der Waals surface area contributed by atoms with E-state index in [1.165, 1.54) is 0 Å². The summed E-state index contributed by atoms with van der Waals surface area (Å²) in [5.41, 5.74) is 3.21. The number of nitrogens with zero attached hydrogens (tertiary/aromatic N) is 3. The lowest BCUT2D eigenvalue weighted by Crippen LogP contribution is -2.47. The Morgan fingerprint density at radius 2 is 1.73 bits per heavy atom. The number of aryl methyl sites for hydroxylation is 1. The van der Waals surface area contributed by atoms with Gasteiger partial charge in [0.15, 0.2) is 0 Å². The van der Waals surface area contributed by atoms with Gasteiger partial charge in [0.2, 0.25) is 5.91 Å². The van der Waals surface area contributed by atoms with E-state index < -0.39 is 12.0 Å². The maximum absolute atomic E-state index is 13.8. The molecule has 0 bridgehead atoms. The number of hydrogen-bond donors (Lipinski definition) is 1. The van der Waals surface area contributed by atoms with Crippen LogP contribution in [0.5, 0.6) is 5.75 Å². The highest BCUT2D eigenvalue weighted by Crippen LogP contribution is 2.43. The molecule has 0 saturated carbocycles. The summed E-state index contributed by atoms with van der Waals surface area (Å²) in [6.45, 7) is 1.63. The molecule has 1 N–H and O–H groups in total. The average molecular weight is 495 g/mol. The van der Waals surface area contributed by atoms with Gasteiger partial charge in [0.1, 0.15) is 5.75 Å². The molecule has 0 aliphatic carbocycles. The molecule has 2 atom stereocenters.